The molecule has 1 unspecified atom stereocenters. The van der Waals surface area contributed by atoms with E-state index in [2.05, 4.69) is 16.0 Å². The van der Waals surface area contributed by atoms with E-state index >= 15 is 0 Å². The van der Waals surface area contributed by atoms with Crippen LogP contribution in [-0.4, -0.2) is 25.7 Å². The van der Waals surface area contributed by atoms with Crippen LogP contribution in [0.5, 0.6) is 0 Å². The molecule has 22 heavy (non-hydrogen) atoms. The predicted molar refractivity (Wildman–Crippen MR) is 86.8 cm³/mol. The summed E-state index contributed by atoms with van der Waals surface area (Å²) in [4.78, 5) is 19.1. The topological polar surface area (TPSA) is 70.9 Å². The summed E-state index contributed by atoms with van der Waals surface area (Å²) in [5.74, 6) is 0. The first kappa shape index (κ1) is 14.5. The lowest BCUT2D eigenvalue weighted by Gasteiger charge is -2.09. The highest BCUT2D eigenvalue weighted by Crippen LogP contribution is 2.22. The van der Waals surface area contributed by atoms with E-state index in [-0.39, 0.29) is 12.2 Å². The van der Waals surface area contributed by atoms with Gasteiger partial charge in [0.2, 0.25) is 0 Å². The van der Waals surface area contributed by atoms with Crippen molar-refractivity contribution in [2.45, 2.75) is 32.9 Å². The van der Waals surface area contributed by atoms with Gasteiger partial charge in [0.15, 0.2) is 5.65 Å². The molecule has 0 radical (unpaired) electrons. The van der Waals surface area contributed by atoms with Gasteiger partial charge in [0.05, 0.1) is 18.2 Å². The first-order chi connectivity index (χ1) is 10.6. The molecule has 0 amide bonds. The van der Waals surface area contributed by atoms with E-state index in [9.17, 15) is 9.90 Å². The summed E-state index contributed by atoms with van der Waals surface area (Å²) in [6.45, 7) is 4.20. The summed E-state index contributed by atoms with van der Waals surface area (Å²) in [7, 11) is 0. The van der Waals surface area contributed by atoms with Crippen molar-refractivity contribution in [3.63, 3.8) is 0 Å². The van der Waals surface area contributed by atoms with Gasteiger partial charge >= 0.3 is 5.69 Å². The number of rotatable bonds is 4. The molecule has 0 fully saturated rings. The molecule has 114 valence electrons. The zero-order chi connectivity index (χ0) is 15.7. The Labute approximate surface area is 128 Å². The molecule has 0 aliphatic rings. The molecule has 0 saturated carbocycles. The highest BCUT2D eigenvalue weighted by atomic mass is 16.3. The molecular weight excluding hydrogens is 278 g/mol. The number of hydrogen-bond donors (Lipinski definition) is 2. The van der Waals surface area contributed by atoms with Crippen LogP contribution in [0, 0.1) is 6.92 Å². The highest BCUT2D eigenvalue weighted by Gasteiger charge is 2.12. The molecule has 0 saturated heterocycles. The summed E-state index contributed by atoms with van der Waals surface area (Å²) in [5, 5.41) is 9.84. The van der Waals surface area contributed by atoms with E-state index in [1.165, 1.54) is 5.56 Å². The van der Waals surface area contributed by atoms with Gasteiger partial charge in [0, 0.05) is 11.8 Å². The van der Waals surface area contributed by atoms with Crippen LogP contribution in [0.4, 0.5) is 0 Å². The molecule has 2 N–H and O–H groups in total. The van der Waals surface area contributed by atoms with Gasteiger partial charge in [0.25, 0.3) is 0 Å². The van der Waals surface area contributed by atoms with Crippen molar-refractivity contribution >= 4 is 11.2 Å². The van der Waals surface area contributed by atoms with E-state index in [1.807, 2.05) is 38.1 Å². The van der Waals surface area contributed by atoms with Crippen molar-refractivity contribution < 1.29 is 5.11 Å². The number of imidazole rings is 1. The lowest BCUT2D eigenvalue weighted by atomic mass is 10.1. The fourth-order valence-electron chi connectivity index (χ4n) is 2.54. The van der Waals surface area contributed by atoms with Crippen LogP contribution in [0.3, 0.4) is 0 Å². The Kier molecular flexibility index (Phi) is 3.81. The second-order valence-corrected chi connectivity index (χ2v) is 5.56. The lowest BCUT2D eigenvalue weighted by Crippen LogP contribution is -2.24. The van der Waals surface area contributed by atoms with Crippen LogP contribution in [0.25, 0.3) is 22.3 Å². The third-order valence-electron chi connectivity index (χ3n) is 3.84. The number of aliphatic hydroxyl groups is 1. The van der Waals surface area contributed by atoms with Crippen LogP contribution in [0.1, 0.15) is 18.9 Å². The number of aliphatic hydroxyl groups excluding tert-OH is 1. The van der Waals surface area contributed by atoms with Gasteiger partial charge in [-0.1, -0.05) is 36.8 Å². The highest BCUT2D eigenvalue weighted by molar-refractivity contribution is 5.78. The standard InChI is InChI=1S/C17H19N3O2/c1-3-14(21)10-20-15-8-13(9-18-16(15)19-17(20)22)12-6-4-5-11(2)7-12/h4-9,14,21H,3,10H2,1-2H3,(H,18,19,22). The monoisotopic (exact) mass is 297 g/mol. The number of nitrogens with zero attached hydrogens (tertiary/aromatic N) is 2. The number of fused-ring (bicyclic) bond motifs is 1. The minimum atomic E-state index is -0.542. The minimum absolute atomic E-state index is 0.239. The summed E-state index contributed by atoms with van der Waals surface area (Å²) in [6, 6.07) is 10.1. The van der Waals surface area contributed by atoms with Gasteiger partial charge in [-0.05, 0) is 25.0 Å². The molecule has 0 aliphatic heterocycles. The van der Waals surface area contributed by atoms with Crippen LogP contribution in [0.15, 0.2) is 41.3 Å². The molecule has 1 atom stereocenters. The van der Waals surface area contributed by atoms with Crippen LogP contribution in [0.2, 0.25) is 0 Å². The van der Waals surface area contributed by atoms with Gasteiger partial charge in [0.1, 0.15) is 0 Å². The Morgan fingerprint density at radius 1 is 1.32 bits per heavy atom. The van der Waals surface area contributed by atoms with E-state index in [0.717, 1.165) is 16.6 Å². The fourth-order valence-corrected chi connectivity index (χ4v) is 2.54. The maximum Gasteiger partial charge on any atom is 0.327 e. The first-order valence-corrected chi connectivity index (χ1v) is 7.42. The summed E-state index contributed by atoms with van der Waals surface area (Å²) in [5.41, 5.74) is 4.21. The van der Waals surface area contributed by atoms with Crippen molar-refractivity contribution in [2.24, 2.45) is 0 Å². The van der Waals surface area contributed by atoms with Crippen LogP contribution >= 0.6 is 0 Å². The SMILES string of the molecule is CCC(O)Cn1c(=O)[nH]c2ncc(-c3cccc(C)c3)cc21. The van der Waals surface area contributed by atoms with Crippen molar-refractivity contribution in [3.8, 4) is 11.1 Å². The number of aryl methyl sites for hydroxylation is 1. The van der Waals surface area contributed by atoms with E-state index in [0.29, 0.717) is 12.1 Å². The molecule has 3 aromatic rings. The zero-order valence-corrected chi connectivity index (χ0v) is 12.7. The van der Waals surface area contributed by atoms with Gasteiger partial charge < -0.3 is 5.11 Å². The molecule has 0 spiro atoms. The molecule has 0 bridgehead atoms. The molecule has 2 aromatic heterocycles. The van der Waals surface area contributed by atoms with E-state index < -0.39 is 6.10 Å². The molecule has 5 heteroatoms. The average Bonchev–Trinajstić information content (AvgIpc) is 2.82. The van der Waals surface area contributed by atoms with Gasteiger partial charge in [-0.2, -0.15) is 0 Å². The summed E-state index contributed by atoms with van der Waals surface area (Å²) >= 11 is 0. The summed E-state index contributed by atoms with van der Waals surface area (Å²) in [6.07, 6.45) is 1.82. The number of aromatic amines is 1. The van der Waals surface area contributed by atoms with Gasteiger partial charge in [-0.25, -0.2) is 9.78 Å². The molecular formula is C17H19N3O2. The average molecular weight is 297 g/mol. The number of pyridine rings is 1. The third kappa shape index (κ3) is 2.67. The van der Waals surface area contributed by atoms with E-state index in [4.69, 9.17) is 0 Å². The predicted octanol–water partition coefficient (Wildman–Crippen LogP) is 2.47. The van der Waals surface area contributed by atoms with E-state index in [1.54, 1.807) is 10.8 Å². The molecule has 0 aliphatic carbocycles. The second-order valence-electron chi connectivity index (χ2n) is 5.56. The maximum absolute atomic E-state index is 12.0. The Balaban J connectivity index is 2.12. The number of benzene rings is 1. The number of nitrogens with one attached hydrogen (secondary N) is 1. The van der Waals surface area contributed by atoms with Crippen molar-refractivity contribution in [3.05, 3.63) is 52.6 Å². The second kappa shape index (κ2) is 5.77. The Hall–Kier alpha value is -2.40. The lowest BCUT2D eigenvalue weighted by molar-refractivity contribution is 0.150. The maximum atomic E-state index is 12.0. The number of hydrogen-bond acceptors (Lipinski definition) is 3. The zero-order valence-electron chi connectivity index (χ0n) is 12.7. The molecule has 2 heterocycles. The molecule has 1 aromatic carbocycles. The number of H-pyrrole nitrogens is 1. The van der Waals surface area contributed by atoms with Gasteiger partial charge in [-0.15, -0.1) is 0 Å². The van der Waals surface area contributed by atoms with Gasteiger partial charge in [-0.3, -0.25) is 9.55 Å². The summed E-state index contributed by atoms with van der Waals surface area (Å²) < 4.78 is 1.55. The molecule has 3 rings (SSSR count). The first-order valence-electron chi connectivity index (χ1n) is 7.42. The minimum Gasteiger partial charge on any atom is -0.391 e. The quantitative estimate of drug-likeness (QED) is 0.777. The fraction of sp³-hybridized carbons (Fsp3) is 0.294. The van der Waals surface area contributed by atoms with Crippen LogP contribution in [-0.2, 0) is 6.54 Å². The largest absolute Gasteiger partial charge is 0.391 e. The Bertz CT molecular complexity index is 864. The number of aromatic nitrogens is 3. The van der Waals surface area contributed by atoms with Crippen molar-refractivity contribution in [1.29, 1.82) is 0 Å². The normalized spacial score (nSPS) is 12.7. The third-order valence-corrected chi connectivity index (χ3v) is 3.84. The smallest absolute Gasteiger partial charge is 0.327 e. The Morgan fingerprint density at radius 3 is 2.86 bits per heavy atom. The Morgan fingerprint density at radius 2 is 2.14 bits per heavy atom. The van der Waals surface area contributed by atoms with Crippen molar-refractivity contribution in [2.75, 3.05) is 0 Å². The van der Waals surface area contributed by atoms with Crippen LogP contribution < -0.4 is 5.69 Å². The van der Waals surface area contributed by atoms with Crippen molar-refractivity contribution in [1.82, 2.24) is 14.5 Å². The molecule has 5 nitrogen and oxygen atoms in total.